The molecule has 0 radical (unpaired) electrons. The molecule has 0 bridgehead atoms. The monoisotopic (exact) mass is 240 g/mol. The molecule has 1 rings (SSSR count). The van der Waals surface area contributed by atoms with E-state index in [2.05, 4.69) is 6.92 Å². The summed E-state index contributed by atoms with van der Waals surface area (Å²) in [5.74, 6) is 0. The summed E-state index contributed by atoms with van der Waals surface area (Å²) in [7, 11) is 0. The largest absolute Gasteiger partial charge is 0.371 e. The first-order chi connectivity index (χ1) is 7.61. The lowest BCUT2D eigenvalue weighted by Gasteiger charge is -2.22. The van der Waals surface area contributed by atoms with Crippen LogP contribution >= 0.6 is 11.6 Å². The molecule has 1 N–H and O–H groups in total. The Morgan fingerprint density at radius 1 is 1.38 bits per heavy atom. The van der Waals surface area contributed by atoms with Gasteiger partial charge in [0.05, 0.1) is 0 Å². The van der Waals surface area contributed by atoms with Crippen molar-refractivity contribution in [1.29, 1.82) is 0 Å². The highest BCUT2D eigenvalue weighted by Crippen LogP contribution is 2.33. The molecule has 0 aliphatic rings. The van der Waals surface area contributed by atoms with Crippen LogP contribution in [-0.4, -0.2) is 11.4 Å². The van der Waals surface area contributed by atoms with Gasteiger partial charge < -0.3 is 5.11 Å². The number of aldehydes is 1. The van der Waals surface area contributed by atoms with Gasteiger partial charge in [0.2, 0.25) is 0 Å². The SMILES string of the molecule is CCCCCC(O)(Cl)c1ccccc1C=O. The fourth-order valence-electron chi connectivity index (χ4n) is 1.69. The summed E-state index contributed by atoms with van der Waals surface area (Å²) in [6.07, 6.45) is 4.14. The Morgan fingerprint density at radius 2 is 2.06 bits per heavy atom. The van der Waals surface area contributed by atoms with Crippen LogP contribution in [0.5, 0.6) is 0 Å². The molecule has 3 heteroatoms. The summed E-state index contributed by atoms with van der Waals surface area (Å²) in [5, 5.41) is 8.71. The maximum absolute atomic E-state index is 10.8. The molecule has 0 fully saturated rings. The quantitative estimate of drug-likeness (QED) is 0.470. The fourth-order valence-corrected chi connectivity index (χ4v) is 2.00. The molecule has 0 spiro atoms. The van der Waals surface area contributed by atoms with E-state index in [9.17, 15) is 9.90 Å². The Balaban J connectivity index is 2.83. The highest BCUT2D eigenvalue weighted by molar-refractivity contribution is 6.23. The number of carbonyl (C=O) groups is 1. The van der Waals surface area contributed by atoms with E-state index < -0.39 is 5.06 Å². The number of aliphatic hydroxyl groups is 1. The molecular weight excluding hydrogens is 224 g/mol. The molecule has 0 aliphatic carbocycles. The van der Waals surface area contributed by atoms with E-state index in [1.165, 1.54) is 0 Å². The van der Waals surface area contributed by atoms with Crippen LogP contribution in [0.3, 0.4) is 0 Å². The number of carbonyl (C=O) groups excluding carboxylic acids is 1. The van der Waals surface area contributed by atoms with E-state index >= 15 is 0 Å². The minimum atomic E-state index is -1.42. The van der Waals surface area contributed by atoms with E-state index in [0.717, 1.165) is 25.5 Å². The Kier molecular flexibility index (Phi) is 4.97. The van der Waals surface area contributed by atoms with Crippen LogP contribution in [0.25, 0.3) is 0 Å². The highest BCUT2D eigenvalue weighted by atomic mass is 35.5. The van der Waals surface area contributed by atoms with Crippen molar-refractivity contribution in [3.63, 3.8) is 0 Å². The third-order valence-corrected chi connectivity index (χ3v) is 3.00. The Hall–Kier alpha value is -0.860. The van der Waals surface area contributed by atoms with Crippen LogP contribution in [-0.2, 0) is 5.06 Å². The van der Waals surface area contributed by atoms with Gasteiger partial charge in [0.25, 0.3) is 0 Å². The molecule has 0 aromatic heterocycles. The van der Waals surface area contributed by atoms with Crippen molar-refractivity contribution in [1.82, 2.24) is 0 Å². The van der Waals surface area contributed by atoms with Crippen molar-refractivity contribution < 1.29 is 9.90 Å². The summed E-state index contributed by atoms with van der Waals surface area (Å²) in [6, 6.07) is 6.89. The normalized spacial score (nSPS) is 14.4. The van der Waals surface area contributed by atoms with Gasteiger partial charge in [-0.3, -0.25) is 4.79 Å². The molecule has 0 saturated carbocycles. The zero-order chi connectivity index (χ0) is 12.0. The van der Waals surface area contributed by atoms with Crippen LogP contribution in [0, 0.1) is 0 Å². The fraction of sp³-hybridized carbons (Fsp3) is 0.462. The molecule has 1 aromatic rings. The van der Waals surface area contributed by atoms with Gasteiger partial charge in [0.1, 0.15) is 6.29 Å². The van der Waals surface area contributed by atoms with Crippen molar-refractivity contribution in [2.24, 2.45) is 0 Å². The molecule has 16 heavy (non-hydrogen) atoms. The van der Waals surface area contributed by atoms with Crippen LogP contribution in [0.2, 0.25) is 0 Å². The summed E-state index contributed by atoms with van der Waals surface area (Å²) in [5.41, 5.74) is 0.958. The first-order valence-corrected chi connectivity index (χ1v) is 5.95. The van der Waals surface area contributed by atoms with Crippen LogP contribution in [0.15, 0.2) is 24.3 Å². The van der Waals surface area contributed by atoms with Gasteiger partial charge in [-0.25, -0.2) is 0 Å². The van der Waals surface area contributed by atoms with Crippen molar-refractivity contribution in [3.05, 3.63) is 35.4 Å². The third-order valence-electron chi connectivity index (χ3n) is 2.61. The van der Waals surface area contributed by atoms with Gasteiger partial charge >= 0.3 is 0 Å². The topological polar surface area (TPSA) is 37.3 Å². The molecule has 1 aromatic carbocycles. The Bertz CT molecular complexity index is 348. The van der Waals surface area contributed by atoms with E-state index in [1.807, 2.05) is 0 Å². The van der Waals surface area contributed by atoms with Crippen LogP contribution < -0.4 is 0 Å². The maximum atomic E-state index is 10.8. The molecule has 0 saturated heterocycles. The minimum Gasteiger partial charge on any atom is -0.371 e. The molecule has 0 aliphatic heterocycles. The molecule has 88 valence electrons. The lowest BCUT2D eigenvalue weighted by atomic mass is 9.98. The second kappa shape index (κ2) is 6.02. The van der Waals surface area contributed by atoms with Gasteiger partial charge in [-0.1, -0.05) is 55.6 Å². The molecule has 1 atom stereocenters. The van der Waals surface area contributed by atoms with Crippen molar-refractivity contribution in [3.8, 4) is 0 Å². The average molecular weight is 241 g/mol. The predicted octanol–water partition coefficient (Wildman–Crippen LogP) is 3.46. The number of halogens is 1. The molecule has 2 nitrogen and oxygen atoms in total. The first kappa shape index (κ1) is 13.2. The predicted molar refractivity (Wildman–Crippen MR) is 65.7 cm³/mol. The molecule has 1 unspecified atom stereocenters. The zero-order valence-electron chi connectivity index (χ0n) is 9.45. The van der Waals surface area contributed by atoms with Crippen molar-refractivity contribution in [2.45, 2.75) is 37.7 Å². The maximum Gasteiger partial charge on any atom is 0.164 e. The lowest BCUT2D eigenvalue weighted by Crippen LogP contribution is -2.19. The Labute approximate surface area is 101 Å². The van der Waals surface area contributed by atoms with Crippen LogP contribution in [0.4, 0.5) is 0 Å². The van der Waals surface area contributed by atoms with E-state index in [4.69, 9.17) is 11.6 Å². The third kappa shape index (κ3) is 3.32. The number of alkyl halides is 1. The lowest BCUT2D eigenvalue weighted by molar-refractivity contribution is 0.106. The minimum absolute atomic E-state index is 0.455. The standard InChI is InChI=1S/C13H17ClO2/c1-2-3-6-9-13(14,16)12-8-5-4-7-11(12)10-15/h4-5,7-8,10,16H,2-3,6,9H2,1H3. The van der Waals surface area contributed by atoms with Crippen LogP contribution in [0.1, 0.15) is 48.5 Å². The summed E-state index contributed by atoms with van der Waals surface area (Å²) in [4.78, 5) is 10.8. The summed E-state index contributed by atoms with van der Waals surface area (Å²) < 4.78 is 0. The number of rotatable bonds is 6. The van der Waals surface area contributed by atoms with Gasteiger partial charge in [-0.15, -0.1) is 0 Å². The Morgan fingerprint density at radius 3 is 2.69 bits per heavy atom. The second-order valence-corrected chi connectivity index (χ2v) is 4.55. The van der Waals surface area contributed by atoms with Gasteiger partial charge in [-0.05, 0) is 12.8 Å². The van der Waals surface area contributed by atoms with Crippen molar-refractivity contribution in [2.75, 3.05) is 0 Å². The number of hydrogen-bond acceptors (Lipinski definition) is 2. The molecular formula is C13H17ClO2. The summed E-state index contributed by atoms with van der Waals surface area (Å²) in [6.45, 7) is 2.09. The van der Waals surface area contributed by atoms with E-state index in [0.29, 0.717) is 17.5 Å². The number of unbranched alkanes of at least 4 members (excludes halogenated alkanes) is 2. The summed E-state index contributed by atoms with van der Waals surface area (Å²) >= 11 is 6.08. The van der Waals surface area contributed by atoms with Gasteiger partial charge in [0.15, 0.2) is 5.06 Å². The van der Waals surface area contributed by atoms with E-state index in [1.54, 1.807) is 24.3 Å². The average Bonchev–Trinajstić information content (AvgIpc) is 2.29. The van der Waals surface area contributed by atoms with Crippen molar-refractivity contribution >= 4 is 17.9 Å². The smallest absolute Gasteiger partial charge is 0.164 e. The second-order valence-electron chi connectivity index (χ2n) is 3.92. The first-order valence-electron chi connectivity index (χ1n) is 5.57. The van der Waals surface area contributed by atoms with E-state index in [-0.39, 0.29) is 0 Å². The van der Waals surface area contributed by atoms with Gasteiger partial charge in [-0.2, -0.15) is 0 Å². The highest BCUT2D eigenvalue weighted by Gasteiger charge is 2.27. The zero-order valence-corrected chi connectivity index (χ0v) is 10.2. The number of benzene rings is 1. The number of hydrogen-bond donors (Lipinski definition) is 1. The van der Waals surface area contributed by atoms with Gasteiger partial charge in [0, 0.05) is 11.1 Å². The molecule has 0 heterocycles. The molecule has 0 amide bonds.